The zero-order valence-electron chi connectivity index (χ0n) is 23.6. The van der Waals surface area contributed by atoms with Gasteiger partial charge in [0, 0.05) is 36.6 Å². The first-order valence-electron chi connectivity index (χ1n) is 13.0. The molecule has 0 fully saturated rings. The second-order valence-electron chi connectivity index (χ2n) is 10.5. The van der Waals surface area contributed by atoms with Crippen molar-refractivity contribution in [3.63, 3.8) is 0 Å². The van der Waals surface area contributed by atoms with Crippen LogP contribution < -0.4 is 24.8 Å². The van der Waals surface area contributed by atoms with E-state index in [0.717, 1.165) is 5.56 Å². The zero-order valence-corrected chi connectivity index (χ0v) is 24.4. The lowest BCUT2D eigenvalue weighted by molar-refractivity contribution is -0.118. The van der Waals surface area contributed by atoms with Crippen molar-refractivity contribution in [1.29, 1.82) is 0 Å². The molecule has 41 heavy (non-hydrogen) atoms. The summed E-state index contributed by atoms with van der Waals surface area (Å²) >= 11 is 0. The van der Waals surface area contributed by atoms with E-state index >= 15 is 0 Å². The summed E-state index contributed by atoms with van der Waals surface area (Å²) in [5.74, 6) is 0.561. The van der Waals surface area contributed by atoms with Crippen LogP contribution in [-0.2, 0) is 20.2 Å². The van der Waals surface area contributed by atoms with Crippen LogP contribution in [0.1, 0.15) is 33.3 Å². The Balaban J connectivity index is 1.68. The Bertz CT molecular complexity index is 1670. The summed E-state index contributed by atoms with van der Waals surface area (Å²) in [5, 5.41) is 5.82. The summed E-state index contributed by atoms with van der Waals surface area (Å²) in [6.45, 7) is 8.01. The largest absolute Gasteiger partial charge is 0.497 e. The highest BCUT2D eigenvalue weighted by atomic mass is 32.2. The van der Waals surface area contributed by atoms with Gasteiger partial charge in [0.2, 0.25) is 11.8 Å². The van der Waals surface area contributed by atoms with E-state index in [1.807, 2.05) is 18.2 Å². The van der Waals surface area contributed by atoms with Gasteiger partial charge in [0.1, 0.15) is 5.75 Å². The Kier molecular flexibility index (Phi) is 8.57. The number of hydrogen-bond acceptors (Lipinski definition) is 6. The number of methoxy groups -OCH3 is 1. The molecule has 4 N–H and O–H groups in total. The van der Waals surface area contributed by atoms with Gasteiger partial charge < -0.3 is 25.1 Å². The third kappa shape index (κ3) is 7.17. The average Bonchev–Trinajstić information content (AvgIpc) is 3.27. The summed E-state index contributed by atoms with van der Waals surface area (Å²) in [7, 11) is -2.32. The van der Waals surface area contributed by atoms with Crippen LogP contribution in [0.25, 0.3) is 22.0 Å². The van der Waals surface area contributed by atoms with E-state index in [4.69, 9.17) is 9.47 Å². The quantitative estimate of drug-likeness (QED) is 0.202. The molecule has 11 heteroatoms. The summed E-state index contributed by atoms with van der Waals surface area (Å²) in [6.07, 6.45) is -0.717. The van der Waals surface area contributed by atoms with E-state index in [0.29, 0.717) is 33.5 Å². The lowest BCUT2D eigenvalue weighted by atomic mass is 9.87. The second kappa shape index (κ2) is 11.9. The first kappa shape index (κ1) is 29.5. The number of nitrogens with one attached hydrogen (secondary N) is 4. The van der Waals surface area contributed by atoms with Crippen LogP contribution >= 0.6 is 0 Å². The first-order chi connectivity index (χ1) is 19.4. The van der Waals surface area contributed by atoms with Gasteiger partial charge >= 0.3 is 6.09 Å². The van der Waals surface area contributed by atoms with E-state index in [-0.39, 0.29) is 35.2 Å². The van der Waals surface area contributed by atoms with E-state index in [1.165, 1.54) is 6.92 Å². The number of sulfonamides is 1. The molecule has 4 aromatic rings. The van der Waals surface area contributed by atoms with Crippen molar-refractivity contribution in [2.24, 2.45) is 0 Å². The lowest BCUT2D eigenvalue weighted by Gasteiger charge is -2.19. The normalized spacial score (nSPS) is 11.6. The number of benzene rings is 3. The van der Waals surface area contributed by atoms with Crippen LogP contribution in [-0.4, -0.2) is 45.6 Å². The number of fused-ring (bicyclic) bond motifs is 1. The number of aromatic amines is 1. The molecule has 0 radical (unpaired) electrons. The zero-order chi connectivity index (χ0) is 29.8. The Hall–Kier alpha value is -4.51. The van der Waals surface area contributed by atoms with Crippen molar-refractivity contribution in [2.75, 3.05) is 24.9 Å². The molecule has 0 aliphatic carbocycles. The second-order valence-corrected chi connectivity index (χ2v) is 12.2. The SMILES string of the molecule is COc1cccc(-c2c(OC(=O)NCCNC(C)=O)[nH]c3ccc(NS(=O)(=O)c4ccc(C(C)(C)C)cc4)cc23)c1. The van der Waals surface area contributed by atoms with Gasteiger partial charge in [-0.25, -0.2) is 13.2 Å². The summed E-state index contributed by atoms with van der Waals surface area (Å²) < 4.78 is 40.1. The minimum atomic E-state index is -3.87. The lowest BCUT2D eigenvalue weighted by Crippen LogP contribution is -2.35. The van der Waals surface area contributed by atoms with Gasteiger partial charge in [-0.1, -0.05) is 45.0 Å². The summed E-state index contributed by atoms with van der Waals surface area (Å²) in [5.41, 5.74) is 3.13. The van der Waals surface area contributed by atoms with E-state index in [1.54, 1.807) is 55.6 Å². The fourth-order valence-electron chi connectivity index (χ4n) is 4.25. The maximum atomic E-state index is 13.2. The molecule has 0 aliphatic heterocycles. The van der Waals surface area contributed by atoms with Crippen molar-refractivity contribution < 1.29 is 27.5 Å². The van der Waals surface area contributed by atoms with Gasteiger partial charge in [0.15, 0.2) is 0 Å². The van der Waals surface area contributed by atoms with E-state index in [9.17, 15) is 18.0 Å². The third-order valence-electron chi connectivity index (χ3n) is 6.37. The van der Waals surface area contributed by atoms with Crippen LogP contribution in [0.15, 0.2) is 71.6 Å². The number of rotatable bonds is 9. The molecule has 0 atom stereocenters. The van der Waals surface area contributed by atoms with Gasteiger partial charge in [-0.05, 0) is 59.0 Å². The van der Waals surface area contributed by atoms with Crippen LogP contribution in [0.3, 0.4) is 0 Å². The van der Waals surface area contributed by atoms with Gasteiger partial charge in [-0.2, -0.15) is 0 Å². The molecule has 4 rings (SSSR count). The van der Waals surface area contributed by atoms with E-state index < -0.39 is 16.1 Å². The number of H-pyrrole nitrogens is 1. The average molecular weight is 579 g/mol. The van der Waals surface area contributed by atoms with Gasteiger partial charge in [0.25, 0.3) is 10.0 Å². The Morgan fingerprint density at radius 1 is 0.927 bits per heavy atom. The van der Waals surface area contributed by atoms with Crippen molar-refractivity contribution in [1.82, 2.24) is 15.6 Å². The highest BCUT2D eigenvalue weighted by Crippen LogP contribution is 2.40. The number of carbonyl (C=O) groups is 2. The number of carbonyl (C=O) groups excluding carboxylic acids is 2. The molecule has 216 valence electrons. The van der Waals surface area contributed by atoms with Gasteiger partial charge in [0.05, 0.1) is 17.6 Å². The highest BCUT2D eigenvalue weighted by Gasteiger charge is 2.21. The standard InChI is InChI=1S/C30H34N4O6S/c1-19(35)31-15-16-32-29(36)40-28-27(20-7-6-8-23(17-20)39-5)25-18-22(11-14-26(25)33-28)34-41(37,38)24-12-9-21(10-13-24)30(2,3)4/h6-14,17-18,33-34H,15-16H2,1-5H3,(H,31,35)(H,32,36). The highest BCUT2D eigenvalue weighted by molar-refractivity contribution is 7.92. The number of hydrogen-bond donors (Lipinski definition) is 4. The molecule has 10 nitrogen and oxygen atoms in total. The van der Waals surface area contributed by atoms with Crippen molar-refractivity contribution in [3.05, 3.63) is 72.3 Å². The molecule has 0 saturated carbocycles. The molecule has 0 saturated heterocycles. The molecule has 3 aromatic carbocycles. The molecule has 0 spiro atoms. The minimum absolute atomic E-state index is 0.103. The fourth-order valence-corrected chi connectivity index (χ4v) is 5.30. The fraction of sp³-hybridized carbons (Fsp3) is 0.267. The number of anilines is 1. The molecule has 1 aromatic heterocycles. The topological polar surface area (TPSA) is 139 Å². The third-order valence-corrected chi connectivity index (χ3v) is 7.77. The molecular weight excluding hydrogens is 544 g/mol. The Labute approximate surface area is 239 Å². The minimum Gasteiger partial charge on any atom is -0.497 e. The summed E-state index contributed by atoms with van der Waals surface area (Å²) in [6, 6.07) is 19.1. The molecule has 0 bridgehead atoms. The van der Waals surface area contributed by atoms with E-state index in [2.05, 4.69) is 41.1 Å². The molecule has 0 unspecified atom stereocenters. The smallest absolute Gasteiger partial charge is 0.413 e. The van der Waals surface area contributed by atoms with Crippen LogP contribution in [0.2, 0.25) is 0 Å². The van der Waals surface area contributed by atoms with Crippen molar-refractivity contribution >= 4 is 38.6 Å². The Morgan fingerprint density at radius 3 is 2.29 bits per heavy atom. The number of amides is 2. The van der Waals surface area contributed by atoms with Crippen molar-refractivity contribution in [3.8, 4) is 22.8 Å². The molecule has 2 amide bonds. The maximum Gasteiger partial charge on any atom is 0.413 e. The number of aromatic nitrogens is 1. The van der Waals surface area contributed by atoms with Crippen LogP contribution in [0, 0.1) is 0 Å². The molecule has 0 aliphatic rings. The maximum absolute atomic E-state index is 13.2. The predicted octanol–water partition coefficient (Wildman–Crippen LogP) is 5.17. The van der Waals surface area contributed by atoms with Crippen LogP contribution in [0.5, 0.6) is 11.6 Å². The Morgan fingerprint density at radius 2 is 1.63 bits per heavy atom. The van der Waals surface area contributed by atoms with Gasteiger partial charge in [-0.15, -0.1) is 0 Å². The van der Waals surface area contributed by atoms with Gasteiger partial charge in [-0.3, -0.25) is 9.52 Å². The molecular formula is C30H34N4O6S. The van der Waals surface area contributed by atoms with Crippen molar-refractivity contribution in [2.45, 2.75) is 38.0 Å². The first-order valence-corrected chi connectivity index (χ1v) is 14.5. The predicted molar refractivity (Wildman–Crippen MR) is 159 cm³/mol. The number of ether oxygens (including phenoxy) is 2. The van der Waals surface area contributed by atoms with Crippen LogP contribution in [0.4, 0.5) is 10.5 Å². The molecule has 1 heterocycles. The monoisotopic (exact) mass is 578 g/mol. The summed E-state index contributed by atoms with van der Waals surface area (Å²) in [4.78, 5) is 26.9.